The fourth-order valence-electron chi connectivity index (χ4n) is 1.51. The van der Waals surface area contributed by atoms with Crippen LogP contribution in [0.3, 0.4) is 0 Å². The summed E-state index contributed by atoms with van der Waals surface area (Å²) in [6.45, 7) is 5.79. The number of rotatable bonds is 8. The topological polar surface area (TPSA) is 84.6 Å². The van der Waals surface area contributed by atoms with E-state index in [2.05, 4.69) is 19.2 Å². The second-order valence-corrected chi connectivity index (χ2v) is 4.91. The maximum atomic E-state index is 10.9. The molecule has 1 atom stereocenters. The van der Waals surface area contributed by atoms with Gasteiger partial charge in [-0.25, -0.2) is 0 Å². The summed E-state index contributed by atoms with van der Waals surface area (Å²) in [5.41, 5.74) is 5.57. The van der Waals surface area contributed by atoms with Crippen LogP contribution in [0.1, 0.15) is 24.2 Å². The van der Waals surface area contributed by atoms with Crippen molar-refractivity contribution < 1.29 is 14.6 Å². The third-order valence-electron chi connectivity index (χ3n) is 2.51. The van der Waals surface area contributed by atoms with Gasteiger partial charge in [-0.05, 0) is 36.7 Å². The van der Waals surface area contributed by atoms with E-state index in [0.29, 0.717) is 23.8 Å². The molecule has 0 fully saturated rings. The van der Waals surface area contributed by atoms with Crippen molar-refractivity contribution in [2.45, 2.75) is 20.0 Å². The number of hydrogen-bond acceptors (Lipinski definition) is 4. The Labute approximate surface area is 113 Å². The minimum Gasteiger partial charge on any atom is -0.491 e. The predicted octanol–water partition coefficient (Wildman–Crippen LogP) is 0.771. The smallest absolute Gasteiger partial charge is 0.248 e. The van der Waals surface area contributed by atoms with E-state index in [-0.39, 0.29) is 6.61 Å². The van der Waals surface area contributed by atoms with Gasteiger partial charge in [-0.1, -0.05) is 13.8 Å². The second-order valence-electron chi connectivity index (χ2n) is 4.91. The molecule has 1 rings (SSSR count). The molecular formula is C14H22N2O3. The van der Waals surface area contributed by atoms with Gasteiger partial charge in [-0.2, -0.15) is 0 Å². The largest absolute Gasteiger partial charge is 0.491 e. The van der Waals surface area contributed by atoms with Crippen molar-refractivity contribution in [3.63, 3.8) is 0 Å². The number of nitrogens with two attached hydrogens (primary N) is 1. The molecule has 0 aliphatic heterocycles. The van der Waals surface area contributed by atoms with Gasteiger partial charge in [0, 0.05) is 12.1 Å². The van der Waals surface area contributed by atoms with Crippen LogP contribution in [-0.2, 0) is 0 Å². The Morgan fingerprint density at radius 2 is 1.95 bits per heavy atom. The van der Waals surface area contributed by atoms with Crippen LogP contribution in [0.5, 0.6) is 5.75 Å². The van der Waals surface area contributed by atoms with E-state index < -0.39 is 12.0 Å². The van der Waals surface area contributed by atoms with E-state index in [9.17, 15) is 9.90 Å². The van der Waals surface area contributed by atoms with E-state index in [4.69, 9.17) is 10.5 Å². The van der Waals surface area contributed by atoms with Crippen molar-refractivity contribution >= 4 is 5.91 Å². The normalized spacial score (nSPS) is 12.4. The first-order valence-corrected chi connectivity index (χ1v) is 6.40. The molecule has 5 nitrogen and oxygen atoms in total. The molecule has 0 saturated heterocycles. The number of benzene rings is 1. The third-order valence-corrected chi connectivity index (χ3v) is 2.51. The highest BCUT2D eigenvalue weighted by Crippen LogP contribution is 2.12. The standard InChI is InChI=1S/C14H22N2O3/c1-10(2)7-16-8-12(17)9-19-13-5-3-11(4-6-13)14(15)18/h3-6,10,12,16-17H,7-9H2,1-2H3,(H2,15,18). The van der Waals surface area contributed by atoms with Crippen LogP contribution in [0.2, 0.25) is 0 Å². The lowest BCUT2D eigenvalue weighted by Gasteiger charge is -2.14. The summed E-state index contributed by atoms with van der Waals surface area (Å²) < 4.78 is 5.42. The van der Waals surface area contributed by atoms with Crippen molar-refractivity contribution in [1.29, 1.82) is 0 Å². The SMILES string of the molecule is CC(C)CNCC(O)COc1ccc(C(N)=O)cc1. The summed E-state index contributed by atoms with van der Waals surface area (Å²) in [7, 11) is 0. The van der Waals surface area contributed by atoms with Gasteiger partial charge >= 0.3 is 0 Å². The van der Waals surface area contributed by atoms with Crippen LogP contribution in [0, 0.1) is 5.92 Å². The lowest BCUT2D eigenvalue weighted by atomic mass is 10.2. The van der Waals surface area contributed by atoms with Gasteiger partial charge in [0.05, 0.1) is 0 Å². The van der Waals surface area contributed by atoms with Crippen LogP contribution in [-0.4, -0.2) is 36.8 Å². The molecule has 19 heavy (non-hydrogen) atoms. The number of aliphatic hydroxyl groups excluding tert-OH is 1. The second kappa shape index (κ2) is 7.76. The maximum Gasteiger partial charge on any atom is 0.248 e. The molecule has 0 saturated carbocycles. The molecule has 1 unspecified atom stereocenters. The lowest BCUT2D eigenvalue weighted by molar-refractivity contribution is 0.0998. The zero-order valence-corrected chi connectivity index (χ0v) is 11.4. The van der Waals surface area contributed by atoms with Crippen LogP contribution in [0.4, 0.5) is 0 Å². The van der Waals surface area contributed by atoms with Crippen molar-refractivity contribution in [3.05, 3.63) is 29.8 Å². The van der Waals surface area contributed by atoms with Gasteiger partial charge in [-0.15, -0.1) is 0 Å². The average Bonchev–Trinajstić information content (AvgIpc) is 2.36. The molecule has 0 aliphatic carbocycles. The van der Waals surface area contributed by atoms with E-state index in [0.717, 1.165) is 6.54 Å². The molecule has 4 N–H and O–H groups in total. The van der Waals surface area contributed by atoms with E-state index in [1.807, 2.05) is 0 Å². The summed E-state index contributed by atoms with van der Waals surface area (Å²) in [6, 6.07) is 6.52. The number of primary amides is 1. The molecule has 0 bridgehead atoms. The zero-order valence-electron chi connectivity index (χ0n) is 11.4. The average molecular weight is 266 g/mol. The number of hydrogen-bond donors (Lipinski definition) is 3. The Kier molecular flexibility index (Phi) is 6.32. The van der Waals surface area contributed by atoms with Gasteiger partial charge in [-0.3, -0.25) is 4.79 Å². The number of aliphatic hydroxyl groups is 1. The molecule has 1 aromatic rings. The number of amides is 1. The molecular weight excluding hydrogens is 244 g/mol. The lowest BCUT2D eigenvalue weighted by Crippen LogP contribution is -2.33. The Balaban J connectivity index is 2.29. The summed E-state index contributed by atoms with van der Waals surface area (Å²) in [5.74, 6) is 0.687. The first-order valence-electron chi connectivity index (χ1n) is 6.40. The third kappa shape index (κ3) is 6.22. The molecule has 0 heterocycles. The minimum atomic E-state index is -0.561. The highest BCUT2D eigenvalue weighted by atomic mass is 16.5. The van der Waals surface area contributed by atoms with E-state index in [1.165, 1.54) is 0 Å². The summed E-state index contributed by atoms with van der Waals surface area (Å²) in [6.07, 6.45) is -0.561. The highest BCUT2D eigenvalue weighted by Gasteiger charge is 2.06. The van der Waals surface area contributed by atoms with Crippen LogP contribution in [0.15, 0.2) is 24.3 Å². The Morgan fingerprint density at radius 3 is 2.47 bits per heavy atom. The van der Waals surface area contributed by atoms with Crippen molar-refractivity contribution in [1.82, 2.24) is 5.32 Å². The maximum absolute atomic E-state index is 10.9. The summed E-state index contributed by atoms with van der Waals surface area (Å²) in [4.78, 5) is 10.9. The quantitative estimate of drug-likeness (QED) is 0.649. The zero-order chi connectivity index (χ0) is 14.3. The minimum absolute atomic E-state index is 0.209. The van der Waals surface area contributed by atoms with E-state index >= 15 is 0 Å². The molecule has 0 aliphatic rings. The highest BCUT2D eigenvalue weighted by molar-refractivity contribution is 5.92. The van der Waals surface area contributed by atoms with Crippen LogP contribution in [0.25, 0.3) is 0 Å². The monoisotopic (exact) mass is 266 g/mol. The number of carbonyl (C=O) groups is 1. The first-order chi connectivity index (χ1) is 8.99. The number of carbonyl (C=O) groups excluding carboxylic acids is 1. The predicted molar refractivity (Wildman–Crippen MR) is 74.2 cm³/mol. The van der Waals surface area contributed by atoms with E-state index in [1.54, 1.807) is 24.3 Å². The molecule has 5 heteroatoms. The van der Waals surface area contributed by atoms with Gasteiger partial charge in [0.25, 0.3) is 0 Å². The fraction of sp³-hybridized carbons (Fsp3) is 0.500. The van der Waals surface area contributed by atoms with Crippen LogP contribution < -0.4 is 15.8 Å². The summed E-state index contributed by atoms with van der Waals surface area (Å²) >= 11 is 0. The van der Waals surface area contributed by atoms with Crippen molar-refractivity contribution in [3.8, 4) is 5.75 Å². The summed E-state index contributed by atoms with van der Waals surface area (Å²) in [5, 5.41) is 12.9. The molecule has 1 amide bonds. The van der Waals surface area contributed by atoms with Crippen LogP contribution >= 0.6 is 0 Å². The van der Waals surface area contributed by atoms with Gasteiger partial charge in [0.1, 0.15) is 18.5 Å². The van der Waals surface area contributed by atoms with Crippen molar-refractivity contribution in [2.75, 3.05) is 19.7 Å². The Morgan fingerprint density at radius 1 is 1.32 bits per heavy atom. The van der Waals surface area contributed by atoms with Gasteiger partial charge in [0.15, 0.2) is 0 Å². The molecule has 0 radical (unpaired) electrons. The van der Waals surface area contributed by atoms with Gasteiger partial charge in [0.2, 0.25) is 5.91 Å². The molecule has 106 valence electrons. The molecule has 0 aromatic heterocycles. The Bertz CT molecular complexity index is 390. The van der Waals surface area contributed by atoms with Gasteiger partial charge < -0.3 is 20.9 Å². The Hall–Kier alpha value is -1.59. The number of ether oxygens (including phenoxy) is 1. The first kappa shape index (κ1) is 15.5. The molecule has 0 spiro atoms. The fourth-order valence-corrected chi connectivity index (χ4v) is 1.51. The molecule has 1 aromatic carbocycles. The number of nitrogens with one attached hydrogen (secondary N) is 1. The van der Waals surface area contributed by atoms with Crippen molar-refractivity contribution in [2.24, 2.45) is 11.7 Å².